The fourth-order valence-electron chi connectivity index (χ4n) is 4.71. The number of ether oxygens (including phenoxy) is 1. The molecule has 3 heterocycles. The highest BCUT2D eigenvalue weighted by Gasteiger charge is 2.29. The number of imidazole rings is 1. The zero-order valence-corrected chi connectivity index (χ0v) is 18.9. The Hall–Kier alpha value is -3.27. The lowest BCUT2D eigenvalue weighted by Gasteiger charge is -2.33. The number of hydrogen-bond acceptors (Lipinski definition) is 6. The molecule has 1 aliphatic carbocycles. The molecule has 5 rings (SSSR count). The van der Waals surface area contributed by atoms with Gasteiger partial charge < -0.3 is 24.7 Å². The molecule has 0 unspecified atom stereocenters. The van der Waals surface area contributed by atoms with Crippen LogP contribution in [0.1, 0.15) is 42.5 Å². The van der Waals surface area contributed by atoms with E-state index in [1.165, 1.54) is 4.57 Å². The number of aryl methyl sites for hydroxylation is 1. The summed E-state index contributed by atoms with van der Waals surface area (Å²) in [6, 6.07) is 5.27. The molecule has 0 bridgehead atoms. The normalized spacial score (nSPS) is 22.6. The van der Waals surface area contributed by atoms with Gasteiger partial charge in [0.15, 0.2) is 0 Å². The predicted octanol–water partition coefficient (Wildman–Crippen LogP) is 4.66. The summed E-state index contributed by atoms with van der Waals surface area (Å²) in [6.45, 7) is 3.00. The van der Waals surface area contributed by atoms with Gasteiger partial charge >= 0.3 is 0 Å². The Bertz CT molecular complexity index is 1440. The Balaban J connectivity index is 1.56. The largest absolute Gasteiger partial charge is 0.480 e. The number of anilines is 1. The van der Waals surface area contributed by atoms with Crippen molar-refractivity contribution in [3.8, 4) is 17.0 Å². The molecule has 1 aromatic carbocycles. The number of halogens is 2. The Morgan fingerprint density at radius 2 is 2.12 bits per heavy atom. The van der Waals surface area contributed by atoms with Gasteiger partial charge in [0.2, 0.25) is 11.8 Å². The predicted molar refractivity (Wildman–Crippen MR) is 126 cm³/mol. The number of methoxy groups -OCH3 is 1. The fourth-order valence-corrected chi connectivity index (χ4v) is 4.71. The highest BCUT2D eigenvalue weighted by molar-refractivity contribution is 5.99. The van der Waals surface area contributed by atoms with Crippen LogP contribution in [0.4, 0.5) is 14.7 Å². The van der Waals surface area contributed by atoms with Gasteiger partial charge in [-0.2, -0.15) is 9.97 Å². The molecular formula is C24H28F2N6O2. The van der Waals surface area contributed by atoms with E-state index < -0.39 is 25.6 Å². The minimum atomic E-state index is -2.76. The van der Waals surface area contributed by atoms with Gasteiger partial charge in [0, 0.05) is 17.8 Å². The van der Waals surface area contributed by atoms with Crippen LogP contribution >= 0.6 is 0 Å². The van der Waals surface area contributed by atoms with Crippen molar-refractivity contribution in [2.75, 3.05) is 12.4 Å². The van der Waals surface area contributed by atoms with Gasteiger partial charge in [0.1, 0.15) is 11.5 Å². The van der Waals surface area contributed by atoms with Gasteiger partial charge in [-0.15, -0.1) is 0 Å². The van der Waals surface area contributed by atoms with Crippen LogP contribution in [0.3, 0.4) is 0 Å². The molecule has 1 fully saturated rings. The monoisotopic (exact) mass is 473 g/mol. The topological polar surface area (TPSA) is 101 Å². The molecule has 0 saturated heterocycles. The van der Waals surface area contributed by atoms with Crippen molar-refractivity contribution in [3.63, 3.8) is 0 Å². The third-order valence-corrected chi connectivity index (χ3v) is 6.56. The summed E-state index contributed by atoms with van der Waals surface area (Å²) in [5.41, 5.74) is 2.00. The first-order valence-corrected chi connectivity index (χ1v) is 11.2. The lowest BCUT2D eigenvalue weighted by Crippen LogP contribution is -2.36. The van der Waals surface area contributed by atoms with E-state index in [2.05, 4.69) is 25.3 Å². The second-order valence-corrected chi connectivity index (χ2v) is 9.16. The summed E-state index contributed by atoms with van der Waals surface area (Å²) in [5, 5.41) is 13.8. The van der Waals surface area contributed by atoms with E-state index >= 15 is 0 Å². The number of hydrogen-bond donors (Lipinski definition) is 3. The zero-order valence-electron chi connectivity index (χ0n) is 21.9. The molecule has 3 N–H and O–H groups in total. The lowest BCUT2D eigenvalue weighted by atomic mass is 9.84. The van der Waals surface area contributed by atoms with E-state index in [9.17, 15) is 13.9 Å². The van der Waals surface area contributed by atoms with Crippen LogP contribution in [0.2, 0.25) is 0 Å². The van der Waals surface area contributed by atoms with Gasteiger partial charge in [-0.3, -0.25) is 0 Å². The third kappa shape index (κ3) is 4.18. The molecule has 1 aliphatic rings. The fraction of sp³-hybridized carbons (Fsp3) is 0.458. The second-order valence-electron chi connectivity index (χ2n) is 9.16. The molecule has 10 heteroatoms. The Morgan fingerprint density at radius 3 is 2.85 bits per heavy atom. The number of alkyl halides is 2. The summed E-state index contributed by atoms with van der Waals surface area (Å²) in [5.74, 6) is 0.567. The highest BCUT2D eigenvalue weighted by Crippen LogP contribution is 2.36. The minimum Gasteiger partial charge on any atom is -0.480 e. The van der Waals surface area contributed by atoms with Crippen LogP contribution in [0, 0.1) is 6.92 Å². The molecule has 0 radical (unpaired) electrons. The smallest absolute Gasteiger partial charge is 0.256 e. The number of nitrogens with one attached hydrogen (secondary N) is 2. The maximum Gasteiger partial charge on any atom is 0.256 e. The van der Waals surface area contributed by atoms with E-state index in [0.717, 1.165) is 0 Å². The maximum absolute atomic E-state index is 13.2. The second kappa shape index (κ2) is 8.50. The molecule has 34 heavy (non-hydrogen) atoms. The van der Waals surface area contributed by atoms with Gasteiger partial charge in [-0.1, -0.05) is 6.07 Å². The summed E-state index contributed by atoms with van der Waals surface area (Å²) in [6.07, 6.45) is 1.80. The quantitative estimate of drug-likeness (QED) is 0.377. The van der Waals surface area contributed by atoms with Crippen LogP contribution in [0.5, 0.6) is 5.88 Å². The summed E-state index contributed by atoms with van der Waals surface area (Å²) in [7, 11) is -2.76. The van der Waals surface area contributed by atoms with Crippen molar-refractivity contribution in [1.29, 1.82) is 0 Å². The molecule has 8 nitrogen and oxygen atoms in total. The number of benzene rings is 1. The average Bonchev–Trinajstić information content (AvgIpc) is 3.35. The van der Waals surface area contributed by atoms with Crippen molar-refractivity contribution < 1.29 is 22.7 Å². The third-order valence-electron chi connectivity index (χ3n) is 6.56. The van der Waals surface area contributed by atoms with E-state index in [4.69, 9.17) is 8.85 Å². The van der Waals surface area contributed by atoms with Gasteiger partial charge in [-0.05, 0) is 57.2 Å². The lowest BCUT2D eigenvalue weighted by molar-refractivity contribution is 0.0195. The summed E-state index contributed by atoms with van der Waals surface area (Å²) < 4.78 is 56.1. The van der Waals surface area contributed by atoms with Crippen LogP contribution in [-0.2, 0) is 6.54 Å². The van der Waals surface area contributed by atoms with Gasteiger partial charge in [0.25, 0.3) is 6.43 Å². The van der Waals surface area contributed by atoms with Crippen molar-refractivity contribution in [2.45, 2.75) is 64.1 Å². The SMILES string of the molecule is [2H]C([2H])([2H])Oc1nc(NC2CCC(C)(O)CC2)nc2[nH]cc(-c3ccc4nc(C)n(CC(F)F)c4c3)c12. The number of H-pyrrole nitrogens is 1. The first kappa shape index (κ1) is 19.1. The highest BCUT2D eigenvalue weighted by atomic mass is 19.3. The van der Waals surface area contributed by atoms with Crippen LogP contribution in [0.15, 0.2) is 24.4 Å². The molecule has 1 saturated carbocycles. The van der Waals surface area contributed by atoms with Crippen molar-refractivity contribution in [3.05, 3.63) is 30.2 Å². The Kier molecular flexibility index (Phi) is 4.77. The molecule has 0 atom stereocenters. The zero-order chi connectivity index (χ0) is 26.5. The molecular weight excluding hydrogens is 442 g/mol. The first-order valence-electron chi connectivity index (χ1n) is 12.7. The molecule has 3 aromatic heterocycles. The summed E-state index contributed by atoms with van der Waals surface area (Å²) in [4.78, 5) is 16.4. The Morgan fingerprint density at radius 1 is 1.32 bits per heavy atom. The molecule has 180 valence electrons. The van der Waals surface area contributed by atoms with Crippen molar-refractivity contribution in [2.24, 2.45) is 0 Å². The van der Waals surface area contributed by atoms with E-state index in [1.54, 1.807) is 31.3 Å². The maximum atomic E-state index is 13.2. The van der Waals surface area contributed by atoms with E-state index in [0.29, 0.717) is 64.7 Å². The summed E-state index contributed by atoms with van der Waals surface area (Å²) >= 11 is 0. The van der Waals surface area contributed by atoms with E-state index in [1.807, 2.05) is 6.92 Å². The number of aromatic nitrogens is 5. The Labute approximate surface area is 199 Å². The number of aromatic amines is 1. The van der Waals surface area contributed by atoms with Crippen LogP contribution < -0.4 is 10.1 Å². The van der Waals surface area contributed by atoms with Crippen molar-refractivity contribution >= 4 is 28.0 Å². The minimum absolute atomic E-state index is 0.0217. The van der Waals surface area contributed by atoms with Crippen molar-refractivity contribution in [1.82, 2.24) is 24.5 Å². The average molecular weight is 474 g/mol. The van der Waals surface area contributed by atoms with E-state index in [-0.39, 0.29) is 17.9 Å². The number of rotatable bonds is 6. The van der Waals surface area contributed by atoms with Crippen LogP contribution in [-0.4, -0.2) is 54.7 Å². The number of nitrogens with zero attached hydrogens (tertiary/aromatic N) is 4. The molecule has 0 amide bonds. The standard InChI is InChI=1S/C24H28F2N6O2/c1-13-28-17-5-4-14(10-18(17)32(13)12-19(25)26)16-11-27-21-20(16)22(34-3)31-23(30-21)29-15-6-8-24(2,33)9-7-15/h4-5,10-11,15,19,33H,6-9,12H2,1-3H3,(H2,27,29,30,31)/i3D3. The van der Waals surface area contributed by atoms with Crippen LogP contribution in [0.25, 0.3) is 33.2 Å². The molecule has 4 aromatic rings. The number of fused-ring (bicyclic) bond motifs is 2. The first-order chi connectivity index (χ1) is 17.4. The molecule has 0 spiro atoms. The van der Waals surface area contributed by atoms with Gasteiger partial charge in [-0.25, -0.2) is 13.8 Å². The van der Waals surface area contributed by atoms with Gasteiger partial charge in [0.05, 0.1) is 39.7 Å². The molecule has 0 aliphatic heterocycles. The number of aliphatic hydroxyl groups is 1.